The minimum atomic E-state index is -4.77. The van der Waals surface area contributed by atoms with Crippen molar-refractivity contribution in [1.82, 2.24) is 0 Å². The fraction of sp³-hybridized carbons (Fsp3) is 0.231. The van der Waals surface area contributed by atoms with E-state index in [1.807, 2.05) is 0 Å². The van der Waals surface area contributed by atoms with Crippen molar-refractivity contribution >= 4 is 33.5 Å². The van der Waals surface area contributed by atoms with Gasteiger partial charge in [-0.3, -0.25) is 4.79 Å². The van der Waals surface area contributed by atoms with Crippen molar-refractivity contribution in [3.63, 3.8) is 0 Å². The number of nitrogens with one attached hydrogen (secondary N) is 1. The first kappa shape index (κ1) is 18.8. The van der Waals surface area contributed by atoms with Gasteiger partial charge in [0.1, 0.15) is 0 Å². The summed E-state index contributed by atoms with van der Waals surface area (Å²) in [6.07, 6.45) is -4.77. The Hall–Kier alpha value is -2.23. The highest BCUT2D eigenvalue weighted by molar-refractivity contribution is 9.10. The third-order valence-corrected chi connectivity index (χ3v) is 2.84. The van der Waals surface area contributed by atoms with Gasteiger partial charge in [-0.2, -0.15) is 13.2 Å². The number of methoxy groups -OCH3 is 1. The summed E-state index contributed by atoms with van der Waals surface area (Å²) < 4.78 is 45.2. The molecule has 1 amide bonds. The second-order valence-corrected chi connectivity index (χ2v) is 4.95. The molecule has 1 rings (SSSR count). The lowest BCUT2D eigenvalue weighted by atomic mass is 10.2. The van der Waals surface area contributed by atoms with Gasteiger partial charge in [-0.05, 0) is 24.3 Å². The number of carbonyl (C=O) groups excluding carboxylic acids is 2. The Bertz CT molecular complexity index is 613. The summed E-state index contributed by atoms with van der Waals surface area (Å²) in [5.74, 6) is -4.01. The summed E-state index contributed by atoms with van der Waals surface area (Å²) in [6, 6.07) is 6.09. The summed E-state index contributed by atoms with van der Waals surface area (Å²) >= 11 is 3.17. The monoisotopic (exact) mass is 397 g/mol. The van der Waals surface area contributed by atoms with Crippen molar-refractivity contribution in [1.29, 1.82) is 0 Å². The van der Waals surface area contributed by atoms with Crippen molar-refractivity contribution < 1.29 is 37.3 Å². The molecule has 0 radical (unpaired) electrons. The normalized spacial score (nSPS) is 12.2. The van der Waals surface area contributed by atoms with Gasteiger partial charge >= 0.3 is 12.1 Å². The van der Waals surface area contributed by atoms with Gasteiger partial charge in [-0.25, -0.2) is 4.79 Å². The number of hydrogen-bond donors (Lipinski definition) is 2. The maximum Gasteiger partial charge on any atom is 0.422 e. The first-order valence-electron chi connectivity index (χ1n) is 5.92. The fourth-order valence-electron chi connectivity index (χ4n) is 1.33. The Kier molecular flexibility index (Phi) is 6.43. The lowest BCUT2D eigenvalue weighted by Gasteiger charge is -2.11. The second kappa shape index (κ2) is 7.86. The van der Waals surface area contributed by atoms with Crippen LogP contribution in [-0.4, -0.2) is 36.9 Å². The average molecular weight is 398 g/mol. The van der Waals surface area contributed by atoms with Gasteiger partial charge < -0.3 is 19.9 Å². The van der Waals surface area contributed by atoms with Crippen molar-refractivity contribution in [2.45, 2.75) is 6.18 Å². The maximum absolute atomic E-state index is 12.1. The number of halogens is 4. The standard InChI is InChI=1S/C13H11BrF3NO5/c1-22-11(20)9(12(21)23-6-13(15,16)17)10(19)18-8-4-2-7(14)3-5-8/h2-5,20H,6H2,1H3,(H,18,19)/b11-9-. The number of anilines is 1. The highest BCUT2D eigenvalue weighted by Crippen LogP contribution is 2.18. The predicted molar refractivity (Wildman–Crippen MR) is 76.4 cm³/mol. The average Bonchev–Trinajstić information content (AvgIpc) is 2.46. The van der Waals surface area contributed by atoms with Crippen LogP contribution in [0.4, 0.5) is 18.9 Å². The molecule has 6 nitrogen and oxygen atoms in total. The van der Waals surface area contributed by atoms with Crippen LogP contribution in [0.5, 0.6) is 0 Å². The molecule has 0 bridgehead atoms. The molecule has 0 spiro atoms. The number of ether oxygens (including phenoxy) is 2. The van der Waals surface area contributed by atoms with Gasteiger partial charge in [0.25, 0.3) is 11.9 Å². The van der Waals surface area contributed by atoms with Gasteiger partial charge in [-0.1, -0.05) is 15.9 Å². The Balaban J connectivity index is 2.92. The quantitative estimate of drug-likeness (QED) is 0.262. The van der Waals surface area contributed by atoms with Crippen LogP contribution in [0.25, 0.3) is 0 Å². The fourth-order valence-corrected chi connectivity index (χ4v) is 1.59. The molecule has 0 heterocycles. The molecule has 126 valence electrons. The first-order chi connectivity index (χ1) is 10.6. The molecule has 0 saturated heterocycles. The van der Waals surface area contributed by atoms with E-state index in [1.165, 1.54) is 12.1 Å². The van der Waals surface area contributed by atoms with E-state index in [-0.39, 0.29) is 5.69 Å². The molecule has 0 aliphatic heterocycles. The van der Waals surface area contributed by atoms with E-state index in [9.17, 15) is 27.9 Å². The molecule has 0 aliphatic rings. The number of alkyl halides is 3. The molecular formula is C13H11BrF3NO5. The highest BCUT2D eigenvalue weighted by Gasteiger charge is 2.33. The van der Waals surface area contributed by atoms with Gasteiger partial charge in [0.15, 0.2) is 6.61 Å². The number of aliphatic hydroxyl groups excluding tert-OH is 1. The topological polar surface area (TPSA) is 84.9 Å². The lowest BCUT2D eigenvalue weighted by Crippen LogP contribution is -2.28. The van der Waals surface area contributed by atoms with Crippen molar-refractivity contribution in [3.8, 4) is 0 Å². The molecule has 0 aliphatic carbocycles. The lowest BCUT2D eigenvalue weighted by molar-refractivity contribution is -0.184. The van der Waals surface area contributed by atoms with E-state index in [2.05, 4.69) is 30.7 Å². The molecule has 1 aromatic carbocycles. The Labute approximate surface area is 137 Å². The Morgan fingerprint density at radius 3 is 2.30 bits per heavy atom. The van der Waals surface area contributed by atoms with Crippen molar-refractivity contribution in [3.05, 3.63) is 40.3 Å². The zero-order chi connectivity index (χ0) is 17.6. The number of esters is 1. The van der Waals surface area contributed by atoms with E-state index in [0.29, 0.717) is 0 Å². The smallest absolute Gasteiger partial charge is 0.422 e. The SMILES string of the molecule is CO/C(O)=C(/C(=O)Nc1ccc(Br)cc1)C(=O)OCC(F)(F)F. The molecular weight excluding hydrogens is 387 g/mol. The predicted octanol–water partition coefficient (Wildman–Crippen LogP) is 2.91. The molecule has 23 heavy (non-hydrogen) atoms. The summed E-state index contributed by atoms with van der Waals surface area (Å²) in [6.45, 7) is -1.90. The van der Waals surface area contributed by atoms with Crippen LogP contribution in [0, 0.1) is 0 Å². The zero-order valence-corrected chi connectivity index (χ0v) is 13.2. The Morgan fingerprint density at radius 1 is 1.26 bits per heavy atom. The van der Waals surface area contributed by atoms with Crippen molar-refractivity contribution in [2.75, 3.05) is 19.0 Å². The molecule has 0 atom stereocenters. The molecule has 0 aromatic heterocycles. The molecule has 1 aromatic rings. The van der Waals surface area contributed by atoms with Crippen LogP contribution >= 0.6 is 15.9 Å². The maximum atomic E-state index is 12.1. The van der Waals surface area contributed by atoms with Gasteiger partial charge in [0.05, 0.1) is 7.11 Å². The van der Waals surface area contributed by atoms with Gasteiger partial charge in [0.2, 0.25) is 5.57 Å². The van der Waals surface area contributed by atoms with Gasteiger partial charge in [0, 0.05) is 10.2 Å². The summed E-state index contributed by atoms with van der Waals surface area (Å²) in [5.41, 5.74) is -0.845. The number of aliphatic hydroxyl groups is 1. The van der Waals surface area contributed by atoms with E-state index in [0.717, 1.165) is 11.6 Å². The molecule has 2 N–H and O–H groups in total. The Morgan fingerprint density at radius 2 is 1.83 bits per heavy atom. The van der Waals surface area contributed by atoms with E-state index >= 15 is 0 Å². The minimum Gasteiger partial charge on any atom is -0.480 e. The number of amides is 1. The third-order valence-electron chi connectivity index (χ3n) is 2.31. The molecule has 0 fully saturated rings. The van der Waals surface area contributed by atoms with E-state index < -0.39 is 36.2 Å². The molecule has 0 saturated carbocycles. The molecule has 0 unspecified atom stereocenters. The van der Waals surface area contributed by atoms with Crippen LogP contribution in [0.2, 0.25) is 0 Å². The van der Waals surface area contributed by atoms with Crippen LogP contribution in [0.3, 0.4) is 0 Å². The van der Waals surface area contributed by atoms with Gasteiger partial charge in [-0.15, -0.1) is 0 Å². The second-order valence-electron chi connectivity index (χ2n) is 4.04. The number of carbonyl (C=O) groups is 2. The number of benzene rings is 1. The summed E-state index contributed by atoms with van der Waals surface area (Å²) in [5, 5.41) is 11.6. The van der Waals surface area contributed by atoms with Crippen LogP contribution in [0.1, 0.15) is 0 Å². The molecule has 10 heteroatoms. The third kappa shape index (κ3) is 6.19. The number of rotatable bonds is 5. The van der Waals surface area contributed by atoms with E-state index in [4.69, 9.17) is 0 Å². The zero-order valence-electron chi connectivity index (χ0n) is 11.6. The van der Waals surface area contributed by atoms with E-state index in [1.54, 1.807) is 12.1 Å². The van der Waals surface area contributed by atoms with Crippen LogP contribution in [-0.2, 0) is 19.1 Å². The first-order valence-corrected chi connectivity index (χ1v) is 6.71. The van der Waals surface area contributed by atoms with Crippen LogP contribution < -0.4 is 5.32 Å². The van der Waals surface area contributed by atoms with Crippen LogP contribution in [0.15, 0.2) is 40.3 Å². The largest absolute Gasteiger partial charge is 0.480 e. The van der Waals surface area contributed by atoms with Crippen molar-refractivity contribution in [2.24, 2.45) is 0 Å². The number of hydrogen-bond acceptors (Lipinski definition) is 5. The highest BCUT2D eigenvalue weighted by atomic mass is 79.9. The summed E-state index contributed by atoms with van der Waals surface area (Å²) in [7, 11) is 0.930. The summed E-state index contributed by atoms with van der Waals surface area (Å²) in [4.78, 5) is 23.5. The minimum absolute atomic E-state index is 0.239.